The predicted octanol–water partition coefficient (Wildman–Crippen LogP) is 3.60. The van der Waals surface area contributed by atoms with Crippen molar-refractivity contribution in [1.29, 1.82) is 0 Å². The number of aryl methyl sites for hydroxylation is 2. The molecule has 0 aromatic carbocycles. The number of hydrogen-bond acceptors (Lipinski definition) is 2. The van der Waals surface area contributed by atoms with Crippen LogP contribution in [0.25, 0.3) is 0 Å². The molecule has 0 saturated heterocycles. The van der Waals surface area contributed by atoms with E-state index in [1.54, 1.807) is 0 Å². The maximum atomic E-state index is 4.66. The van der Waals surface area contributed by atoms with Crippen LogP contribution in [0.5, 0.6) is 0 Å². The van der Waals surface area contributed by atoms with Crippen molar-refractivity contribution >= 4 is 15.9 Å². The zero-order chi connectivity index (χ0) is 13.7. The average Bonchev–Trinajstić information content (AvgIpc) is 2.76. The summed E-state index contributed by atoms with van der Waals surface area (Å²) < 4.78 is 2.18. The van der Waals surface area contributed by atoms with Crippen molar-refractivity contribution in [2.24, 2.45) is 0 Å². The van der Waals surface area contributed by atoms with E-state index in [0.29, 0.717) is 0 Å². The Morgan fingerprint density at radius 2 is 2.21 bits per heavy atom. The zero-order valence-corrected chi connectivity index (χ0v) is 13.8. The van der Waals surface area contributed by atoms with E-state index in [4.69, 9.17) is 0 Å². The average molecular weight is 328 g/mol. The molecule has 1 heterocycles. The monoisotopic (exact) mass is 327 g/mol. The van der Waals surface area contributed by atoms with Gasteiger partial charge in [0.05, 0.1) is 11.4 Å². The Morgan fingerprint density at radius 3 is 2.74 bits per heavy atom. The van der Waals surface area contributed by atoms with Crippen LogP contribution in [0, 0.1) is 0 Å². The van der Waals surface area contributed by atoms with Gasteiger partial charge in [0.15, 0.2) is 0 Å². The molecule has 1 saturated carbocycles. The topological polar surface area (TPSA) is 21.1 Å². The summed E-state index contributed by atoms with van der Waals surface area (Å²) in [5.41, 5.74) is 2.62. The van der Waals surface area contributed by atoms with Crippen LogP contribution in [0.2, 0.25) is 0 Å². The van der Waals surface area contributed by atoms with Crippen LogP contribution in [-0.4, -0.2) is 32.6 Å². The summed E-state index contributed by atoms with van der Waals surface area (Å²) in [6.45, 7) is 7.61. The summed E-state index contributed by atoms with van der Waals surface area (Å²) in [6, 6.07) is 3.10. The van der Waals surface area contributed by atoms with E-state index in [1.807, 2.05) is 0 Å². The van der Waals surface area contributed by atoms with Gasteiger partial charge in [-0.15, -0.1) is 0 Å². The molecule has 1 aliphatic carbocycles. The Bertz CT molecular complexity index is 385. The van der Waals surface area contributed by atoms with Crippen molar-refractivity contribution in [3.8, 4) is 0 Å². The summed E-state index contributed by atoms with van der Waals surface area (Å²) in [7, 11) is 0. The molecule has 4 heteroatoms. The molecular formula is C15H26BrN3. The number of rotatable bonds is 8. The van der Waals surface area contributed by atoms with E-state index in [-0.39, 0.29) is 0 Å². The molecule has 0 bridgehead atoms. The van der Waals surface area contributed by atoms with Crippen LogP contribution in [-0.2, 0) is 19.5 Å². The van der Waals surface area contributed by atoms with Crippen molar-refractivity contribution in [2.75, 3.05) is 11.9 Å². The minimum atomic E-state index is 0.810. The molecule has 0 N–H and O–H groups in total. The van der Waals surface area contributed by atoms with Crippen LogP contribution in [0.15, 0.2) is 6.07 Å². The van der Waals surface area contributed by atoms with Crippen molar-refractivity contribution < 1.29 is 0 Å². The summed E-state index contributed by atoms with van der Waals surface area (Å²) in [5.74, 6) is 0. The lowest BCUT2D eigenvalue weighted by atomic mass is 9.91. The molecule has 1 aromatic rings. The van der Waals surface area contributed by atoms with Gasteiger partial charge in [0.25, 0.3) is 0 Å². The molecule has 0 spiro atoms. The van der Waals surface area contributed by atoms with E-state index < -0.39 is 0 Å². The van der Waals surface area contributed by atoms with Crippen LogP contribution in [0.3, 0.4) is 0 Å². The fourth-order valence-corrected chi connectivity index (χ4v) is 2.95. The third kappa shape index (κ3) is 3.82. The van der Waals surface area contributed by atoms with Crippen LogP contribution in [0.1, 0.15) is 50.9 Å². The van der Waals surface area contributed by atoms with Gasteiger partial charge >= 0.3 is 0 Å². The van der Waals surface area contributed by atoms with E-state index in [2.05, 4.69) is 50.5 Å². The molecule has 0 amide bonds. The molecule has 1 fully saturated rings. The van der Waals surface area contributed by atoms with Gasteiger partial charge < -0.3 is 0 Å². The maximum absolute atomic E-state index is 4.66. The highest BCUT2D eigenvalue weighted by molar-refractivity contribution is 9.09. The fourth-order valence-electron chi connectivity index (χ4n) is 2.70. The highest BCUT2D eigenvalue weighted by Gasteiger charge is 2.25. The first kappa shape index (κ1) is 15.0. The summed E-state index contributed by atoms with van der Waals surface area (Å²) in [4.78, 5) is 2.66. The second kappa shape index (κ2) is 7.44. The lowest BCUT2D eigenvalue weighted by Crippen LogP contribution is -2.40. The van der Waals surface area contributed by atoms with E-state index in [1.165, 1.54) is 43.6 Å². The third-order valence-corrected chi connectivity index (χ3v) is 4.67. The molecule has 0 unspecified atom stereocenters. The Labute approximate surface area is 125 Å². The van der Waals surface area contributed by atoms with Crippen molar-refractivity contribution in [3.63, 3.8) is 0 Å². The molecule has 1 aromatic heterocycles. The number of alkyl halides is 1. The zero-order valence-electron chi connectivity index (χ0n) is 12.2. The fraction of sp³-hybridized carbons (Fsp3) is 0.800. The molecule has 19 heavy (non-hydrogen) atoms. The number of halogens is 1. The number of nitrogens with zero attached hydrogens (tertiary/aromatic N) is 3. The molecule has 2 rings (SSSR count). The number of hydrogen-bond donors (Lipinski definition) is 0. The second-order valence-corrected chi connectivity index (χ2v) is 6.19. The largest absolute Gasteiger partial charge is 0.295 e. The van der Waals surface area contributed by atoms with Gasteiger partial charge in [-0.2, -0.15) is 5.10 Å². The molecule has 0 radical (unpaired) electrons. The third-order valence-electron chi connectivity index (χ3n) is 4.11. The molecule has 3 nitrogen and oxygen atoms in total. The SMILES string of the molecule is CCc1cc(CN(CCCBr)C2CCC2)n(CC)n1. The van der Waals surface area contributed by atoms with Crippen LogP contribution in [0.4, 0.5) is 0 Å². The normalized spacial score (nSPS) is 16.0. The Kier molecular flexibility index (Phi) is 5.89. The predicted molar refractivity (Wildman–Crippen MR) is 83.7 cm³/mol. The lowest BCUT2D eigenvalue weighted by Gasteiger charge is -2.37. The van der Waals surface area contributed by atoms with E-state index >= 15 is 0 Å². The van der Waals surface area contributed by atoms with Gasteiger partial charge in [-0.25, -0.2) is 0 Å². The highest BCUT2D eigenvalue weighted by atomic mass is 79.9. The van der Waals surface area contributed by atoms with Crippen LogP contribution < -0.4 is 0 Å². The maximum Gasteiger partial charge on any atom is 0.0625 e. The highest BCUT2D eigenvalue weighted by Crippen LogP contribution is 2.26. The van der Waals surface area contributed by atoms with Gasteiger partial charge in [0.2, 0.25) is 0 Å². The minimum absolute atomic E-state index is 0.810. The number of aromatic nitrogens is 2. The molecule has 108 valence electrons. The molecule has 1 aliphatic rings. The minimum Gasteiger partial charge on any atom is -0.295 e. The van der Waals surface area contributed by atoms with Crippen molar-refractivity contribution in [2.45, 2.75) is 65.1 Å². The lowest BCUT2D eigenvalue weighted by molar-refractivity contribution is 0.117. The van der Waals surface area contributed by atoms with E-state index in [9.17, 15) is 0 Å². The summed E-state index contributed by atoms with van der Waals surface area (Å²) in [6.07, 6.45) is 6.43. The molecular weight excluding hydrogens is 302 g/mol. The van der Waals surface area contributed by atoms with Gasteiger partial charge in [0.1, 0.15) is 0 Å². The quantitative estimate of drug-likeness (QED) is 0.680. The van der Waals surface area contributed by atoms with Gasteiger partial charge in [-0.3, -0.25) is 9.58 Å². The van der Waals surface area contributed by atoms with Gasteiger partial charge in [0, 0.05) is 24.5 Å². The smallest absolute Gasteiger partial charge is 0.0625 e. The Hall–Kier alpha value is -0.350. The van der Waals surface area contributed by atoms with Crippen molar-refractivity contribution in [3.05, 3.63) is 17.5 Å². The molecule has 0 aliphatic heterocycles. The van der Waals surface area contributed by atoms with Gasteiger partial charge in [-0.05, 0) is 45.2 Å². The second-order valence-electron chi connectivity index (χ2n) is 5.39. The summed E-state index contributed by atoms with van der Waals surface area (Å²) >= 11 is 3.55. The van der Waals surface area contributed by atoms with Crippen molar-refractivity contribution in [1.82, 2.24) is 14.7 Å². The van der Waals surface area contributed by atoms with Crippen LogP contribution >= 0.6 is 15.9 Å². The first-order chi connectivity index (χ1) is 9.28. The summed E-state index contributed by atoms with van der Waals surface area (Å²) in [5, 5.41) is 5.77. The first-order valence-corrected chi connectivity index (χ1v) is 8.76. The standard InChI is InChI=1S/C15H26BrN3/c1-3-13-11-15(19(4-2)17-13)12-18(10-6-9-16)14-7-5-8-14/h11,14H,3-10,12H2,1-2H3. The van der Waals surface area contributed by atoms with Gasteiger partial charge in [-0.1, -0.05) is 29.3 Å². The Morgan fingerprint density at radius 1 is 1.42 bits per heavy atom. The molecule has 0 atom stereocenters. The first-order valence-electron chi connectivity index (χ1n) is 7.64. The Balaban J connectivity index is 2.04. The van der Waals surface area contributed by atoms with E-state index in [0.717, 1.165) is 30.9 Å².